The van der Waals surface area contributed by atoms with Gasteiger partial charge in [0, 0.05) is 18.1 Å². The molecule has 0 aromatic heterocycles. The number of allylic oxidation sites excluding steroid dienone is 1. The van der Waals surface area contributed by atoms with E-state index >= 15 is 0 Å². The highest BCUT2D eigenvalue weighted by Gasteiger charge is 2.71. The summed E-state index contributed by atoms with van der Waals surface area (Å²) in [5.41, 5.74) is 2.95. The summed E-state index contributed by atoms with van der Waals surface area (Å²) >= 11 is 0. The second kappa shape index (κ2) is 11.7. The molecule has 5 heteroatoms. The minimum Gasteiger partial charge on any atom is -0.493 e. The van der Waals surface area contributed by atoms with E-state index in [0.717, 1.165) is 31.2 Å². The third-order valence-corrected chi connectivity index (χ3v) is 15.6. The summed E-state index contributed by atoms with van der Waals surface area (Å²) in [6.45, 7) is 19.7. The summed E-state index contributed by atoms with van der Waals surface area (Å²) in [7, 11) is 3.23. The molecule has 254 valence electrons. The van der Waals surface area contributed by atoms with Gasteiger partial charge >= 0.3 is 5.97 Å². The molecule has 0 aliphatic heterocycles. The number of esters is 1. The fraction of sp³-hybridized carbons (Fsp3) is 0.732. The zero-order valence-electron chi connectivity index (χ0n) is 29.9. The van der Waals surface area contributed by atoms with E-state index < -0.39 is 0 Å². The summed E-state index contributed by atoms with van der Waals surface area (Å²) in [6.07, 6.45) is 15.0. The topological polar surface area (TPSA) is 65.0 Å². The van der Waals surface area contributed by atoms with Crippen molar-refractivity contribution in [2.45, 2.75) is 112 Å². The van der Waals surface area contributed by atoms with Crippen LogP contribution in [0, 0.1) is 56.7 Å². The third-order valence-electron chi connectivity index (χ3n) is 15.6. The summed E-state index contributed by atoms with van der Waals surface area (Å²) in [5, 5.41) is 10.8. The lowest BCUT2D eigenvalue weighted by Gasteiger charge is -2.73. The number of benzene rings is 1. The number of carbonyl (C=O) groups is 1. The molecular weight excluding hydrogens is 572 g/mol. The predicted molar refractivity (Wildman–Crippen MR) is 185 cm³/mol. The normalized spacial score (nSPS) is 42.7. The van der Waals surface area contributed by atoms with Crippen molar-refractivity contribution in [1.82, 2.24) is 0 Å². The zero-order chi connectivity index (χ0) is 33.3. The van der Waals surface area contributed by atoms with Crippen LogP contribution in [-0.2, 0) is 9.53 Å². The Morgan fingerprint density at radius 3 is 2.30 bits per heavy atom. The lowest BCUT2D eigenvalue weighted by molar-refractivity contribution is -0.251. The Morgan fingerprint density at radius 2 is 1.63 bits per heavy atom. The number of methoxy groups -OCH3 is 2. The van der Waals surface area contributed by atoms with Gasteiger partial charge in [0.1, 0.15) is 6.10 Å². The molecular formula is C41H60O5. The van der Waals surface area contributed by atoms with Crippen molar-refractivity contribution in [3.63, 3.8) is 0 Å². The predicted octanol–water partition coefficient (Wildman–Crippen LogP) is 9.28. The molecule has 46 heavy (non-hydrogen) atoms. The van der Waals surface area contributed by atoms with Gasteiger partial charge in [-0.2, -0.15) is 0 Å². The van der Waals surface area contributed by atoms with Gasteiger partial charge in [-0.05, 0) is 146 Å². The molecule has 0 amide bonds. The maximum atomic E-state index is 13.2. The number of hydrogen-bond acceptors (Lipinski definition) is 5. The summed E-state index contributed by atoms with van der Waals surface area (Å²) in [6, 6.07) is 5.63. The number of fused-ring (bicyclic) bond motifs is 7. The van der Waals surface area contributed by atoms with Gasteiger partial charge in [0.2, 0.25) is 0 Å². The molecule has 0 bridgehead atoms. The molecule has 0 radical (unpaired) electrons. The second-order valence-electron chi connectivity index (χ2n) is 17.4. The molecule has 1 aromatic rings. The maximum absolute atomic E-state index is 13.2. The van der Waals surface area contributed by atoms with Crippen molar-refractivity contribution in [3.05, 3.63) is 42.0 Å². The highest BCUT2D eigenvalue weighted by atomic mass is 16.5. The monoisotopic (exact) mass is 632 g/mol. The number of ether oxygens (including phenoxy) is 3. The van der Waals surface area contributed by atoms with E-state index in [9.17, 15) is 9.90 Å². The smallest absolute Gasteiger partial charge is 0.331 e. The molecule has 5 aliphatic rings. The summed E-state index contributed by atoms with van der Waals surface area (Å²) < 4.78 is 17.1. The van der Waals surface area contributed by atoms with Crippen LogP contribution in [0.1, 0.15) is 111 Å². The maximum Gasteiger partial charge on any atom is 0.331 e. The van der Waals surface area contributed by atoms with Crippen molar-refractivity contribution < 1.29 is 24.1 Å². The Hall–Kier alpha value is -2.27. The number of carbonyl (C=O) groups excluding carboxylic acids is 1. The standard InChI is InChI=1S/C41H60O5/c1-26(2)28-16-21-41(25-42)23-22-39(6)29(36(28)41)12-14-33-38(5)19-18-34(37(3,4)32(38)17-20-40(33,39)7)46-35(43)15-11-27-10-13-30(44-8)31(24-27)45-9/h10-11,13,15,24,28-29,32-34,36,42H,1,12,14,16-23,25H2,2-9H3/b15-11+/t28-,29+,32-,33+,34-,36+,38-,39+,40+,41+/m0/s1. The van der Waals surface area contributed by atoms with Gasteiger partial charge < -0.3 is 19.3 Å². The van der Waals surface area contributed by atoms with Crippen LogP contribution in [0.5, 0.6) is 11.5 Å². The van der Waals surface area contributed by atoms with Crippen molar-refractivity contribution in [3.8, 4) is 11.5 Å². The van der Waals surface area contributed by atoms with E-state index in [1.807, 2.05) is 18.2 Å². The molecule has 1 aromatic carbocycles. The summed E-state index contributed by atoms with van der Waals surface area (Å²) in [4.78, 5) is 13.2. The van der Waals surface area contributed by atoms with E-state index in [1.165, 1.54) is 44.1 Å². The van der Waals surface area contributed by atoms with E-state index in [0.29, 0.717) is 47.7 Å². The summed E-state index contributed by atoms with van der Waals surface area (Å²) in [5.74, 6) is 3.96. The Labute approximate surface area is 278 Å². The molecule has 5 nitrogen and oxygen atoms in total. The lowest BCUT2D eigenvalue weighted by atomic mass is 9.32. The first kappa shape index (κ1) is 33.6. The first-order valence-electron chi connectivity index (χ1n) is 18.1. The molecule has 6 rings (SSSR count). The number of aliphatic hydroxyl groups is 1. The number of hydrogen-bond donors (Lipinski definition) is 1. The molecule has 0 unspecified atom stereocenters. The van der Waals surface area contributed by atoms with Gasteiger partial charge in [-0.15, -0.1) is 0 Å². The third kappa shape index (κ3) is 4.83. The fourth-order valence-corrected chi connectivity index (χ4v) is 13.0. The van der Waals surface area contributed by atoms with Crippen molar-refractivity contribution in [1.29, 1.82) is 0 Å². The molecule has 5 aliphatic carbocycles. The highest BCUT2D eigenvalue weighted by molar-refractivity contribution is 5.87. The zero-order valence-corrected chi connectivity index (χ0v) is 29.9. The molecule has 0 saturated heterocycles. The molecule has 0 spiro atoms. The largest absolute Gasteiger partial charge is 0.493 e. The average molecular weight is 633 g/mol. The van der Waals surface area contributed by atoms with E-state index in [1.54, 1.807) is 26.4 Å². The van der Waals surface area contributed by atoms with E-state index in [4.69, 9.17) is 14.2 Å². The molecule has 1 N–H and O–H groups in total. The molecule has 0 heterocycles. The Balaban J connectivity index is 1.21. The highest BCUT2D eigenvalue weighted by Crippen LogP contribution is 2.77. The van der Waals surface area contributed by atoms with Crippen LogP contribution >= 0.6 is 0 Å². The Kier molecular flexibility index (Phi) is 8.56. The van der Waals surface area contributed by atoms with Crippen LogP contribution in [-0.4, -0.2) is 38.0 Å². The van der Waals surface area contributed by atoms with Gasteiger partial charge in [-0.25, -0.2) is 4.79 Å². The Morgan fingerprint density at radius 1 is 0.891 bits per heavy atom. The second-order valence-corrected chi connectivity index (χ2v) is 17.4. The van der Waals surface area contributed by atoms with Gasteiger partial charge in [0.25, 0.3) is 0 Å². The molecule has 5 fully saturated rings. The first-order valence-corrected chi connectivity index (χ1v) is 18.1. The quantitative estimate of drug-likeness (QED) is 0.184. The van der Waals surface area contributed by atoms with Crippen LogP contribution in [0.4, 0.5) is 0 Å². The lowest BCUT2D eigenvalue weighted by Crippen LogP contribution is -2.67. The van der Waals surface area contributed by atoms with Crippen LogP contribution < -0.4 is 9.47 Å². The van der Waals surface area contributed by atoms with E-state index in [-0.39, 0.29) is 39.1 Å². The number of rotatable bonds is 7. The first-order chi connectivity index (χ1) is 21.7. The van der Waals surface area contributed by atoms with Crippen molar-refractivity contribution in [2.24, 2.45) is 56.7 Å². The average Bonchev–Trinajstić information content (AvgIpc) is 3.42. The van der Waals surface area contributed by atoms with Crippen LogP contribution in [0.15, 0.2) is 36.4 Å². The molecule has 10 atom stereocenters. The van der Waals surface area contributed by atoms with Gasteiger partial charge in [0.15, 0.2) is 11.5 Å². The Bertz CT molecular complexity index is 1380. The van der Waals surface area contributed by atoms with Crippen LogP contribution in [0.2, 0.25) is 0 Å². The number of aliphatic hydroxyl groups excluding tert-OH is 1. The SMILES string of the molecule is C=C(C)[C@@H]1CC[C@]2(CO)CC[C@]3(C)[C@H](CC[C@@H]4[C@@]5(C)CC[C@H](OC(=O)/C=C/c6ccc(OC)c(OC)c6)C(C)(C)[C@@H]5CC[C@]43C)[C@@H]12. The van der Waals surface area contributed by atoms with Gasteiger partial charge in [0.05, 0.1) is 14.2 Å². The van der Waals surface area contributed by atoms with Crippen molar-refractivity contribution in [2.75, 3.05) is 20.8 Å². The fourth-order valence-electron chi connectivity index (χ4n) is 13.0. The van der Waals surface area contributed by atoms with Gasteiger partial charge in [-0.3, -0.25) is 0 Å². The van der Waals surface area contributed by atoms with Gasteiger partial charge in [-0.1, -0.05) is 52.8 Å². The van der Waals surface area contributed by atoms with Crippen LogP contribution in [0.25, 0.3) is 6.08 Å². The van der Waals surface area contributed by atoms with Crippen LogP contribution in [0.3, 0.4) is 0 Å². The molecule has 5 saturated carbocycles. The minimum atomic E-state index is -0.275. The minimum absolute atomic E-state index is 0.0932. The van der Waals surface area contributed by atoms with E-state index in [2.05, 4.69) is 48.1 Å². The van der Waals surface area contributed by atoms with Crippen molar-refractivity contribution >= 4 is 12.0 Å².